The molecule has 0 spiro atoms. The molecule has 0 radical (unpaired) electrons. The SMILES string of the molecule is N#C/C(=C/N1CCN(c2ccccn2)CC1)C(=O)Nc1cccc(C(=O)O)c1. The summed E-state index contributed by atoms with van der Waals surface area (Å²) in [5.41, 5.74) is 0.351. The van der Waals surface area contributed by atoms with Crippen LogP contribution in [0.5, 0.6) is 0 Å². The van der Waals surface area contributed by atoms with Gasteiger partial charge in [-0.05, 0) is 30.3 Å². The second-order valence-corrected chi connectivity index (χ2v) is 6.21. The van der Waals surface area contributed by atoms with Crippen LogP contribution in [0, 0.1) is 11.3 Å². The van der Waals surface area contributed by atoms with Gasteiger partial charge in [-0.3, -0.25) is 4.79 Å². The molecular formula is C20H19N5O3. The van der Waals surface area contributed by atoms with E-state index >= 15 is 0 Å². The molecule has 0 unspecified atom stereocenters. The molecule has 2 aromatic rings. The number of hydrogen-bond donors (Lipinski definition) is 2. The van der Waals surface area contributed by atoms with Gasteiger partial charge in [-0.1, -0.05) is 12.1 Å². The van der Waals surface area contributed by atoms with Crippen molar-refractivity contribution in [3.05, 3.63) is 66.0 Å². The van der Waals surface area contributed by atoms with Crippen molar-refractivity contribution in [1.29, 1.82) is 5.26 Å². The highest BCUT2D eigenvalue weighted by Gasteiger charge is 2.18. The largest absolute Gasteiger partial charge is 0.478 e. The minimum Gasteiger partial charge on any atom is -0.478 e. The Labute approximate surface area is 162 Å². The van der Waals surface area contributed by atoms with Gasteiger partial charge in [0, 0.05) is 44.3 Å². The van der Waals surface area contributed by atoms with Gasteiger partial charge in [0.05, 0.1) is 5.56 Å². The standard InChI is InChI=1S/C20H19N5O3/c21-13-16(19(26)23-17-5-3-4-15(12-17)20(27)28)14-24-8-10-25(11-9-24)18-6-1-2-7-22-18/h1-7,12,14H,8-11H2,(H,23,26)(H,27,28)/b16-14-. The number of hydrogen-bond acceptors (Lipinski definition) is 6. The summed E-state index contributed by atoms with van der Waals surface area (Å²) in [5.74, 6) is -0.752. The van der Waals surface area contributed by atoms with Crippen molar-refractivity contribution in [2.24, 2.45) is 0 Å². The molecule has 28 heavy (non-hydrogen) atoms. The van der Waals surface area contributed by atoms with Gasteiger partial charge in [0.1, 0.15) is 17.5 Å². The third-order valence-electron chi connectivity index (χ3n) is 4.33. The zero-order chi connectivity index (χ0) is 19.9. The van der Waals surface area contributed by atoms with Gasteiger partial charge in [0.25, 0.3) is 5.91 Å². The van der Waals surface area contributed by atoms with E-state index in [0.717, 1.165) is 18.9 Å². The average molecular weight is 377 g/mol. The van der Waals surface area contributed by atoms with E-state index in [0.29, 0.717) is 18.8 Å². The number of aromatic nitrogens is 1. The molecule has 2 N–H and O–H groups in total. The van der Waals surface area contributed by atoms with Crippen molar-refractivity contribution in [1.82, 2.24) is 9.88 Å². The van der Waals surface area contributed by atoms with E-state index in [4.69, 9.17) is 5.11 Å². The minimum atomic E-state index is -1.09. The Morgan fingerprint density at radius 1 is 1.14 bits per heavy atom. The first kappa shape index (κ1) is 18.9. The Bertz CT molecular complexity index is 928. The fourth-order valence-electron chi connectivity index (χ4n) is 2.87. The van der Waals surface area contributed by atoms with Crippen LogP contribution in [0.15, 0.2) is 60.4 Å². The number of benzene rings is 1. The highest BCUT2D eigenvalue weighted by molar-refractivity contribution is 6.06. The van der Waals surface area contributed by atoms with Crippen molar-refractivity contribution in [3.8, 4) is 6.07 Å². The Morgan fingerprint density at radius 2 is 1.93 bits per heavy atom. The summed E-state index contributed by atoms with van der Waals surface area (Å²) in [5, 5.41) is 21.0. The number of nitriles is 1. The predicted molar refractivity (Wildman–Crippen MR) is 104 cm³/mol. The summed E-state index contributed by atoms with van der Waals surface area (Å²) in [6, 6.07) is 13.6. The summed E-state index contributed by atoms with van der Waals surface area (Å²) in [7, 11) is 0. The molecular weight excluding hydrogens is 358 g/mol. The smallest absolute Gasteiger partial charge is 0.335 e. The average Bonchev–Trinajstić information content (AvgIpc) is 2.73. The highest BCUT2D eigenvalue weighted by atomic mass is 16.4. The van der Waals surface area contributed by atoms with Gasteiger partial charge < -0.3 is 20.2 Å². The van der Waals surface area contributed by atoms with E-state index in [9.17, 15) is 14.9 Å². The normalized spacial score (nSPS) is 14.3. The lowest BCUT2D eigenvalue weighted by Gasteiger charge is -2.34. The van der Waals surface area contributed by atoms with Crippen LogP contribution in [0.2, 0.25) is 0 Å². The van der Waals surface area contributed by atoms with E-state index in [1.807, 2.05) is 29.2 Å². The number of carboxylic acid groups (broad SMARTS) is 1. The minimum absolute atomic E-state index is 0.0352. The Morgan fingerprint density at radius 3 is 2.57 bits per heavy atom. The van der Waals surface area contributed by atoms with Crippen LogP contribution in [0.1, 0.15) is 10.4 Å². The summed E-state index contributed by atoms with van der Waals surface area (Å²) in [6.07, 6.45) is 3.30. The molecule has 1 aromatic carbocycles. The number of aromatic carboxylic acids is 1. The summed E-state index contributed by atoms with van der Waals surface area (Å²) < 4.78 is 0. The third-order valence-corrected chi connectivity index (χ3v) is 4.33. The second kappa shape index (κ2) is 8.68. The van der Waals surface area contributed by atoms with Gasteiger partial charge >= 0.3 is 5.97 Å². The molecule has 1 aromatic heterocycles. The van der Waals surface area contributed by atoms with Crippen LogP contribution in [-0.2, 0) is 4.79 Å². The first-order valence-corrected chi connectivity index (χ1v) is 8.73. The predicted octanol–water partition coefficient (Wildman–Crippen LogP) is 1.95. The fourth-order valence-corrected chi connectivity index (χ4v) is 2.87. The Balaban J connectivity index is 1.62. The molecule has 1 aliphatic heterocycles. The number of pyridine rings is 1. The maximum absolute atomic E-state index is 12.4. The van der Waals surface area contributed by atoms with Gasteiger partial charge in [-0.25, -0.2) is 9.78 Å². The number of nitrogens with zero attached hydrogens (tertiary/aromatic N) is 4. The van der Waals surface area contributed by atoms with E-state index in [1.165, 1.54) is 18.2 Å². The maximum Gasteiger partial charge on any atom is 0.335 e. The first-order valence-electron chi connectivity index (χ1n) is 8.73. The molecule has 1 aliphatic rings. The lowest BCUT2D eigenvalue weighted by molar-refractivity contribution is -0.112. The van der Waals surface area contributed by atoms with Crippen LogP contribution in [0.25, 0.3) is 0 Å². The van der Waals surface area contributed by atoms with Crippen molar-refractivity contribution in [2.45, 2.75) is 0 Å². The third kappa shape index (κ3) is 4.65. The summed E-state index contributed by atoms with van der Waals surface area (Å²) in [6.45, 7) is 2.77. The lowest BCUT2D eigenvalue weighted by atomic mass is 10.2. The first-order chi connectivity index (χ1) is 13.6. The van der Waals surface area contributed by atoms with Crippen LogP contribution in [0.3, 0.4) is 0 Å². The highest BCUT2D eigenvalue weighted by Crippen LogP contribution is 2.15. The number of nitrogens with one attached hydrogen (secondary N) is 1. The second-order valence-electron chi connectivity index (χ2n) is 6.21. The molecule has 0 aliphatic carbocycles. The molecule has 1 fully saturated rings. The molecule has 0 bridgehead atoms. The topological polar surface area (TPSA) is 110 Å². The molecule has 2 heterocycles. The van der Waals surface area contributed by atoms with Crippen LogP contribution in [-0.4, -0.2) is 53.0 Å². The van der Waals surface area contributed by atoms with Crippen LogP contribution < -0.4 is 10.2 Å². The lowest BCUT2D eigenvalue weighted by Crippen LogP contribution is -2.44. The zero-order valence-electron chi connectivity index (χ0n) is 15.1. The molecule has 3 rings (SSSR count). The summed E-state index contributed by atoms with van der Waals surface area (Å²) in [4.78, 5) is 31.8. The monoisotopic (exact) mass is 377 g/mol. The number of carbonyl (C=O) groups excluding carboxylic acids is 1. The molecule has 1 amide bonds. The molecule has 1 saturated heterocycles. The van der Waals surface area contributed by atoms with E-state index in [1.54, 1.807) is 18.5 Å². The number of piperazine rings is 1. The van der Waals surface area contributed by atoms with Gasteiger partial charge in [0.15, 0.2) is 0 Å². The van der Waals surface area contributed by atoms with Gasteiger partial charge in [-0.2, -0.15) is 5.26 Å². The molecule has 0 atom stereocenters. The molecule has 142 valence electrons. The number of anilines is 2. The summed E-state index contributed by atoms with van der Waals surface area (Å²) >= 11 is 0. The fraction of sp³-hybridized carbons (Fsp3) is 0.200. The number of carbonyl (C=O) groups is 2. The Hall–Kier alpha value is -3.86. The van der Waals surface area contributed by atoms with Crippen LogP contribution >= 0.6 is 0 Å². The Kier molecular flexibility index (Phi) is 5.87. The van der Waals surface area contributed by atoms with E-state index in [-0.39, 0.29) is 11.1 Å². The quantitative estimate of drug-likeness (QED) is 0.605. The number of carboxylic acids is 1. The van der Waals surface area contributed by atoms with Crippen molar-refractivity contribution < 1.29 is 14.7 Å². The number of rotatable bonds is 5. The zero-order valence-corrected chi connectivity index (χ0v) is 15.1. The van der Waals surface area contributed by atoms with Crippen molar-refractivity contribution in [2.75, 3.05) is 36.4 Å². The maximum atomic E-state index is 12.4. The van der Waals surface area contributed by atoms with Gasteiger partial charge in [-0.15, -0.1) is 0 Å². The van der Waals surface area contributed by atoms with E-state index in [2.05, 4.69) is 15.2 Å². The van der Waals surface area contributed by atoms with Crippen molar-refractivity contribution in [3.63, 3.8) is 0 Å². The molecule has 0 saturated carbocycles. The van der Waals surface area contributed by atoms with Gasteiger partial charge in [0.2, 0.25) is 0 Å². The number of amides is 1. The molecule has 8 nitrogen and oxygen atoms in total. The molecule has 8 heteroatoms. The van der Waals surface area contributed by atoms with Crippen LogP contribution in [0.4, 0.5) is 11.5 Å². The van der Waals surface area contributed by atoms with E-state index < -0.39 is 11.9 Å². The van der Waals surface area contributed by atoms with Crippen molar-refractivity contribution >= 4 is 23.4 Å².